The Bertz CT molecular complexity index is 233. The molecule has 1 aliphatic heterocycles. The number of likely N-dealkylation sites (tertiary alicyclic amines) is 1. The molecule has 0 spiro atoms. The molecule has 0 bridgehead atoms. The zero-order valence-electron chi connectivity index (χ0n) is 12.4. The first kappa shape index (κ1) is 15.5. The fraction of sp³-hybridized carbons (Fsp3) is 0.933. The molecule has 18 heavy (non-hydrogen) atoms. The summed E-state index contributed by atoms with van der Waals surface area (Å²) in [4.78, 5) is 14.2. The highest BCUT2D eigenvalue weighted by atomic mass is 16.1. The highest BCUT2D eigenvalue weighted by molar-refractivity contribution is 5.78. The maximum atomic E-state index is 11.6. The second-order valence-corrected chi connectivity index (χ2v) is 5.84. The summed E-state index contributed by atoms with van der Waals surface area (Å²) in [6.07, 6.45) is 7.60. The van der Waals surface area contributed by atoms with E-state index in [1.807, 2.05) is 13.8 Å². The van der Waals surface area contributed by atoms with Gasteiger partial charge in [0.05, 0.1) is 0 Å². The van der Waals surface area contributed by atoms with Crippen LogP contribution < -0.4 is 5.32 Å². The van der Waals surface area contributed by atoms with Gasteiger partial charge in [0.2, 0.25) is 5.91 Å². The predicted octanol–water partition coefficient (Wildman–Crippen LogP) is 2.80. The van der Waals surface area contributed by atoms with Gasteiger partial charge in [0, 0.05) is 25.0 Å². The highest BCUT2D eigenvalue weighted by Crippen LogP contribution is 2.12. The molecule has 0 unspecified atom stereocenters. The van der Waals surface area contributed by atoms with Crippen LogP contribution >= 0.6 is 0 Å². The molecular formula is C15H30N2O. The van der Waals surface area contributed by atoms with Crippen LogP contribution in [0.3, 0.4) is 0 Å². The Morgan fingerprint density at radius 1 is 1.22 bits per heavy atom. The third kappa shape index (κ3) is 5.85. The molecule has 3 nitrogen and oxygen atoms in total. The van der Waals surface area contributed by atoms with Gasteiger partial charge in [0.15, 0.2) is 0 Å². The first-order valence-corrected chi connectivity index (χ1v) is 7.66. The summed E-state index contributed by atoms with van der Waals surface area (Å²) in [5.41, 5.74) is 0. The van der Waals surface area contributed by atoms with Crippen molar-refractivity contribution in [1.82, 2.24) is 10.2 Å². The third-order valence-corrected chi connectivity index (χ3v) is 3.79. The van der Waals surface area contributed by atoms with E-state index in [2.05, 4.69) is 17.1 Å². The van der Waals surface area contributed by atoms with E-state index in [-0.39, 0.29) is 11.8 Å². The van der Waals surface area contributed by atoms with Gasteiger partial charge in [0.25, 0.3) is 0 Å². The number of nitrogens with zero attached hydrogens (tertiary/aromatic N) is 1. The van der Waals surface area contributed by atoms with Crippen molar-refractivity contribution in [3.8, 4) is 0 Å². The first-order valence-electron chi connectivity index (χ1n) is 7.66. The number of unbranched alkanes of at least 4 members (excludes halogenated alkanes) is 3. The number of hydrogen-bond acceptors (Lipinski definition) is 2. The molecule has 0 atom stereocenters. The normalized spacial score (nSPS) is 18.2. The standard InChI is InChI=1S/C15H30N2O/c1-4-5-6-7-10-17-11-8-14(9-12-17)16-15(18)13(2)3/h13-14H,4-12H2,1-3H3,(H,16,18). The fourth-order valence-corrected chi connectivity index (χ4v) is 2.43. The quantitative estimate of drug-likeness (QED) is 0.709. The van der Waals surface area contributed by atoms with Gasteiger partial charge in [-0.2, -0.15) is 0 Å². The van der Waals surface area contributed by atoms with Crippen LogP contribution in [-0.2, 0) is 4.79 Å². The van der Waals surface area contributed by atoms with E-state index < -0.39 is 0 Å². The molecule has 3 heteroatoms. The molecule has 1 rings (SSSR count). The minimum Gasteiger partial charge on any atom is -0.353 e. The van der Waals surface area contributed by atoms with E-state index in [4.69, 9.17) is 0 Å². The summed E-state index contributed by atoms with van der Waals surface area (Å²) in [6, 6.07) is 0.409. The van der Waals surface area contributed by atoms with Crippen LogP contribution in [0.5, 0.6) is 0 Å². The lowest BCUT2D eigenvalue weighted by Gasteiger charge is -2.32. The van der Waals surface area contributed by atoms with Crippen molar-refractivity contribution in [2.24, 2.45) is 5.92 Å². The van der Waals surface area contributed by atoms with Crippen LogP contribution in [0.1, 0.15) is 59.3 Å². The summed E-state index contributed by atoms with van der Waals surface area (Å²) in [5, 5.41) is 3.15. The molecule has 106 valence electrons. The summed E-state index contributed by atoms with van der Waals surface area (Å²) < 4.78 is 0. The van der Waals surface area contributed by atoms with Crippen molar-refractivity contribution in [2.45, 2.75) is 65.3 Å². The Balaban J connectivity index is 2.11. The molecular weight excluding hydrogens is 224 g/mol. The van der Waals surface area contributed by atoms with Gasteiger partial charge in [-0.1, -0.05) is 40.0 Å². The molecule has 1 N–H and O–H groups in total. The van der Waals surface area contributed by atoms with Gasteiger partial charge >= 0.3 is 0 Å². The molecule has 1 fully saturated rings. The Kier molecular flexibility index (Phi) is 7.33. The van der Waals surface area contributed by atoms with Gasteiger partial charge in [0.1, 0.15) is 0 Å². The topological polar surface area (TPSA) is 32.3 Å². The van der Waals surface area contributed by atoms with Crippen LogP contribution in [0.2, 0.25) is 0 Å². The van der Waals surface area contributed by atoms with Gasteiger partial charge in [-0.05, 0) is 25.8 Å². The Hall–Kier alpha value is -0.570. The van der Waals surface area contributed by atoms with Crippen LogP contribution in [0, 0.1) is 5.92 Å². The van der Waals surface area contributed by atoms with Crippen molar-refractivity contribution in [1.29, 1.82) is 0 Å². The number of amides is 1. The molecule has 1 saturated heterocycles. The summed E-state index contributed by atoms with van der Waals surface area (Å²) in [5.74, 6) is 0.313. The van der Waals surface area contributed by atoms with Crippen molar-refractivity contribution in [2.75, 3.05) is 19.6 Å². The van der Waals surface area contributed by atoms with E-state index in [1.165, 1.54) is 32.2 Å². The summed E-state index contributed by atoms with van der Waals surface area (Å²) in [6.45, 7) is 9.70. The van der Waals surface area contributed by atoms with E-state index in [0.29, 0.717) is 6.04 Å². The SMILES string of the molecule is CCCCCCN1CCC(NC(=O)C(C)C)CC1. The minimum atomic E-state index is 0.108. The molecule has 0 aliphatic carbocycles. The van der Waals surface area contributed by atoms with E-state index in [9.17, 15) is 4.79 Å². The van der Waals surface area contributed by atoms with E-state index in [0.717, 1.165) is 25.9 Å². The van der Waals surface area contributed by atoms with E-state index in [1.54, 1.807) is 0 Å². The average Bonchev–Trinajstić information content (AvgIpc) is 2.36. The monoisotopic (exact) mass is 254 g/mol. The number of rotatable bonds is 7. The molecule has 0 aromatic carbocycles. The van der Waals surface area contributed by atoms with Gasteiger partial charge in [-0.3, -0.25) is 4.79 Å². The number of hydrogen-bond donors (Lipinski definition) is 1. The lowest BCUT2D eigenvalue weighted by molar-refractivity contribution is -0.125. The summed E-state index contributed by atoms with van der Waals surface area (Å²) in [7, 11) is 0. The maximum Gasteiger partial charge on any atom is 0.222 e. The molecule has 0 radical (unpaired) electrons. The number of carbonyl (C=O) groups excluding carboxylic acids is 1. The molecule has 1 heterocycles. The predicted molar refractivity (Wildman–Crippen MR) is 76.6 cm³/mol. The molecule has 0 aromatic rings. The molecule has 0 saturated carbocycles. The van der Waals surface area contributed by atoms with Gasteiger partial charge in [-0.15, -0.1) is 0 Å². The van der Waals surface area contributed by atoms with Crippen molar-refractivity contribution in [3.05, 3.63) is 0 Å². The Labute approximate surface area is 112 Å². The van der Waals surface area contributed by atoms with Crippen molar-refractivity contribution in [3.63, 3.8) is 0 Å². The highest BCUT2D eigenvalue weighted by Gasteiger charge is 2.20. The minimum absolute atomic E-state index is 0.108. The summed E-state index contributed by atoms with van der Waals surface area (Å²) >= 11 is 0. The lowest BCUT2D eigenvalue weighted by Crippen LogP contribution is -2.45. The number of piperidine rings is 1. The zero-order chi connectivity index (χ0) is 13.4. The largest absolute Gasteiger partial charge is 0.353 e. The fourth-order valence-electron chi connectivity index (χ4n) is 2.43. The second-order valence-electron chi connectivity index (χ2n) is 5.84. The molecule has 0 aromatic heterocycles. The zero-order valence-corrected chi connectivity index (χ0v) is 12.4. The Morgan fingerprint density at radius 3 is 2.44 bits per heavy atom. The first-order chi connectivity index (χ1) is 8.63. The average molecular weight is 254 g/mol. The van der Waals surface area contributed by atoms with Crippen LogP contribution in [0.4, 0.5) is 0 Å². The maximum absolute atomic E-state index is 11.6. The lowest BCUT2D eigenvalue weighted by atomic mass is 10.0. The Morgan fingerprint density at radius 2 is 1.89 bits per heavy atom. The van der Waals surface area contributed by atoms with E-state index >= 15 is 0 Å². The van der Waals surface area contributed by atoms with Crippen LogP contribution in [-0.4, -0.2) is 36.5 Å². The van der Waals surface area contributed by atoms with Crippen molar-refractivity contribution < 1.29 is 4.79 Å². The molecule has 1 amide bonds. The van der Waals surface area contributed by atoms with Crippen LogP contribution in [0.15, 0.2) is 0 Å². The second kappa shape index (κ2) is 8.52. The van der Waals surface area contributed by atoms with Gasteiger partial charge < -0.3 is 10.2 Å². The number of carbonyl (C=O) groups is 1. The number of nitrogens with one attached hydrogen (secondary N) is 1. The molecule has 1 aliphatic rings. The smallest absolute Gasteiger partial charge is 0.222 e. The van der Waals surface area contributed by atoms with Crippen LogP contribution in [0.25, 0.3) is 0 Å². The van der Waals surface area contributed by atoms with Gasteiger partial charge in [-0.25, -0.2) is 0 Å². The third-order valence-electron chi connectivity index (χ3n) is 3.79. The van der Waals surface area contributed by atoms with Crippen molar-refractivity contribution >= 4 is 5.91 Å².